The topological polar surface area (TPSA) is 58.6 Å². The lowest BCUT2D eigenvalue weighted by molar-refractivity contribution is -0.115. The Hall–Kier alpha value is -2.96. The maximum Gasteiger partial charge on any atom is 0.255 e. The summed E-state index contributed by atoms with van der Waals surface area (Å²) in [6.45, 7) is 2.45. The van der Waals surface area contributed by atoms with Crippen LogP contribution in [-0.4, -0.2) is 24.2 Å². The van der Waals surface area contributed by atoms with E-state index in [9.17, 15) is 9.59 Å². The number of carbonyl (C=O) groups excluding carboxylic acids is 2. The van der Waals surface area contributed by atoms with Gasteiger partial charge in [-0.3, -0.25) is 14.5 Å². The summed E-state index contributed by atoms with van der Waals surface area (Å²) in [7, 11) is 0. The molecule has 7 heteroatoms. The van der Waals surface area contributed by atoms with Crippen LogP contribution in [0.5, 0.6) is 5.75 Å². The van der Waals surface area contributed by atoms with Crippen LogP contribution in [0.3, 0.4) is 0 Å². The largest absolute Gasteiger partial charge is 0.492 e. The van der Waals surface area contributed by atoms with Crippen LogP contribution < -0.4 is 15.0 Å². The molecule has 1 atom stereocenters. The summed E-state index contributed by atoms with van der Waals surface area (Å²) in [4.78, 5) is 26.9. The van der Waals surface area contributed by atoms with E-state index in [1.807, 2.05) is 55.5 Å². The Morgan fingerprint density at radius 3 is 2.52 bits per heavy atom. The fraction of sp³-hybridized carbons (Fsp3) is 0.167. The zero-order valence-corrected chi connectivity index (χ0v) is 18.5. The molecule has 2 amide bonds. The number of carbonyl (C=O) groups is 2. The maximum absolute atomic E-state index is 12.7. The molecule has 158 valence electrons. The molecule has 1 aliphatic rings. The van der Waals surface area contributed by atoms with Crippen LogP contribution in [0.15, 0.2) is 72.8 Å². The summed E-state index contributed by atoms with van der Waals surface area (Å²) in [5, 5.41) is 3.31. The predicted molar refractivity (Wildman–Crippen MR) is 126 cm³/mol. The summed E-state index contributed by atoms with van der Waals surface area (Å²) >= 11 is 7.45. The first-order chi connectivity index (χ1) is 15.1. The standard InChI is InChI=1S/C24H21ClN2O3S/c1-2-30-21-6-4-3-5-20(21)27-22(28)15-31-24(27)17-9-13-19(14-10-17)26-23(29)16-7-11-18(25)12-8-16/h3-14,24H,2,15H2,1H3,(H,26,29)/t24-/m1/s1. The van der Waals surface area contributed by atoms with E-state index in [2.05, 4.69) is 5.32 Å². The Balaban J connectivity index is 1.53. The summed E-state index contributed by atoms with van der Waals surface area (Å²) in [6.07, 6.45) is 0. The lowest BCUT2D eigenvalue weighted by Crippen LogP contribution is -2.28. The first-order valence-electron chi connectivity index (χ1n) is 9.89. The maximum atomic E-state index is 12.7. The van der Waals surface area contributed by atoms with Gasteiger partial charge in [0.05, 0.1) is 18.0 Å². The highest BCUT2D eigenvalue weighted by molar-refractivity contribution is 8.00. The van der Waals surface area contributed by atoms with Crippen molar-refractivity contribution in [2.24, 2.45) is 0 Å². The third kappa shape index (κ3) is 4.70. The van der Waals surface area contributed by atoms with Gasteiger partial charge in [-0.05, 0) is 61.0 Å². The third-order valence-electron chi connectivity index (χ3n) is 4.85. The highest BCUT2D eigenvalue weighted by Crippen LogP contribution is 2.44. The second-order valence-corrected chi connectivity index (χ2v) is 8.42. The highest BCUT2D eigenvalue weighted by Gasteiger charge is 2.35. The number of rotatable bonds is 6. The minimum atomic E-state index is -0.206. The molecule has 3 aromatic carbocycles. The quantitative estimate of drug-likeness (QED) is 0.515. The highest BCUT2D eigenvalue weighted by atomic mass is 35.5. The van der Waals surface area contributed by atoms with Crippen LogP contribution >= 0.6 is 23.4 Å². The Morgan fingerprint density at radius 1 is 1.10 bits per heavy atom. The molecular weight excluding hydrogens is 432 g/mol. The molecule has 0 unspecified atom stereocenters. The molecule has 1 aliphatic heterocycles. The van der Waals surface area contributed by atoms with Gasteiger partial charge in [0.1, 0.15) is 11.1 Å². The fourth-order valence-corrected chi connectivity index (χ4v) is 4.70. The Bertz CT molecular complexity index is 1090. The van der Waals surface area contributed by atoms with Gasteiger partial charge in [0.15, 0.2) is 0 Å². The summed E-state index contributed by atoms with van der Waals surface area (Å²) < 4.78 is 5.74. The Kier molecular flexibility index (Phi) is 6.49. The van der Waals surface area contributed by atoms with Gasteiger partial charge in [0.25, 0.3) is 5.91 Å². The molecule has 1 N–H and O–H groups in total. The number of hydrogen-bond donors (Lipinski definition) is 1. The van der Waals surface area contributed by atoms with Crippen LogP contribution in [0.1, 0.15) is 28.2 Å². The predicted octanol–water partition coefficient (Wildman–Crippen LogP) is 5.77. The number of halogens is 1. The number of nitrogens with one attached hydrogen (secondary N) is 1. The van der Waals surface area contributed by atoms with Crippen molar-refractivity contribution in [2.75, 3.05) is 22.6 Å². The molecule has 0 aromatic heterocycles. The Morgan fingerprint density at radius 2 is 1.81 bits per heavy atom. The molecule has 0 bridgehead atoms. The van der Waals surface area contributed by atoms with Crippen LogP contribution in [0.25, 0.3) is 0 Å². The molecule has 1 heterocycles. The fourth-order valence-electron chi connectivity index (χ4n) is 3.40. The first-order valence-corrected chi connectivity index (χ1v) is 11.3. The van der Waals surface area contributed by atoms with Crippen molar-refractivity contribution in [1.29, 1.82) is 0 Å². The van der Waals surface area contributed by atoms with Crippen molar-refractivity contribution in [3.05, 3.63) is 88.9 Å². The molecular formula is C24H21ClN2O3S. The van der Waals surface area contributed by atoms with Crippen LogP contribution in [0.2, 0.25) is 5.02 Å². The van der Waals surface area contributed by atoms with Gasteiger partial charge >= 0.3 is 0 Å². The van der Waals surface area contributed by atoms with E-state index < -0.39 is 0 Å². The number of amides is 2. The molecule has 0 saturated carbocycles. The molecule has 5 nitrogen and oxygen atoms in total. The normalized spacial score (nSPS) is 15.7. The molecule has 4 rings (SSSR count). The number of thioether (sulfide) groups is 1. The van der Waals surface area contributed by atoms with Crippen LogP contribution in [-0.2, 0) is 4.79 Å². The lowest BCUT2D eigenvalue weighted by atomic mass is 10.1. The summed E-state index contributed by atoms with van der Waals surface area (Å²) in [6, 6.07) is 21.9. The number of ether oxygens (including phenoxy) is 1. The lowest BCUT2D eigenvalue weighted by Gasteiger charge is -2.26. The van der Waals surface area contributed by atoms with Crippen molar-refractivity contribution in [2.45, 2.75) is 12.3 Å². The van der Waals surface area contributed by atoms with Crippen LogP contribution in [0, 0.1) is 0 Å². The molecule has 31 heavy (non-hydrogen) atoms. The first kappa shape index (κ1) is 21.3. The Labute approximate surface area is 190 Å². The number of benzene rings is 3. The number of para-hydroxylation sites is 2. The molecule has 3 aromatic rings. The van der Waals surface area contributed by atoms with Gasteiger partial charge < -0.3 is 10.1 Å². The van der Waals surface area contributed by atoms with Gasteiger partial charge in [-0.1, -0.05) is 35.9 Å². The molecule has 1 fully saturated rings. The van der Waals surface area contributed by atoms with Crippen molar-refractivity contribution in [1.82, 2.24) is 0 Å². The smallest absolute Gasteiger partial charge is 0.255 e. The van der Waals surface area contributed by atoms with Crippen molar-refractivity contribution >= 4 is 46.6 Å². The zero-order chi connectivity index (χ0) is 21.8. The van der Waals surface area contributed by atoms with E-state index in [1.54, 1.807) is 40.9 Å². The number of anilines is 2. The molecule has 1 saturated heterocycles. The van der Waals surface area contributed by atoms with E-state index in [-0.39, 0.29) is 17.2 Å². The van der Waals surface area contributed by atoms with Crippen molar-refractivity contribution in [3.8, 4) is 5.75 Å². The van der Waals surface area contributed by atoms with Crippen LogP contribution in [0.4, 0.5) is 11.4 Å². The van der Waals surface area contributed by atoms with E-state index in [0.717, 1.165) is 11.3 Å². The van der Waals surface area contributed by atoms with E-state index in [0.29, 0.717) is 34.4 Å². The molecule has 0 spiro atoms. The molecule has 0 aliphatic carbocycles. The second-order valence-electron chi connectivity index (χ2n) is 6.91. The van der Waals surface area contributed by atoms with E-state index in [1.165, 1.54) is 0 Å². The monoisotopic (exact) mass is 452 g/mol. The number of hydrogen-bond acceptors (Lipinski definition) is 4. The SMILES string of the molecule is CCOc1ccccc1N1C(=O)CS[C@@H]1c1ccc(NC(=O)c2ccc(Cl)cc2)cc1. The van der Waals surface area contributed by atoms with Gasteiger partial charge in [-0.25, -0.2) is 0 Å². The summed E-state index contributed by atoms with van der Waals surface area (Å²) in [5.41, 5.74) is 2.96. The average Bonchev–Trinajstić information content (AvgIpc) is 3.16. The molecule has 0 radical (unpaired) electrons. The van der Waals surface area contributed by atoms with Gasteiger partial charge in [-0.2, -0.15) is 0 Å². The summed E-state index contributed by atoms with van der Waals surface area (Å²) in [5.74, 6) is 0.933. The second kappa shape index (κ2) is 9.45. The minimum absolute atomic E-state index is 0.0438. The minimum Gasteiger partial charge on any atom is -0.492 e. The van der Waals surface area contributed by atoms with Crippen molar-refractivity contribution < 1.29 is 14.3 Å². The van der Waals surface area contributed by atoms with Gasteiger partial charge in [0, 0.05) is 16.3 Å². The van der Waals surface area contributed by atoms with E-state index >= 15 is 0 Å². The average molecular weight is 453 g/mol. The number of nitrogens with zero attached hydrogens (tertiary/aromatic N) is 1. The third-order valence-corrected chi connectivity index (χ3v) is 6.32. The van der Waals surface area contributed by atoms with Gasteiger partial charge in [0.2, 0.25) is 5.91 Å². The van der Waals surface area contributed by atoms with Crippen molar-refractivity contribution in [3.63, 3.8) is 0 Å². The zero-order valence-electron chi connectivity index (χ0n) is 16.9. The van der Waals surface area contributed by atoms with E-state index in [4.69, 9.17) is 16.3 Å². The van der Waals surface area contributed by atoms with Gasteiger partial charge in [-0.15, -0.1) is 11.8 Å².